The highest BCUT2D eigenvalue weighted by molar-refractivity contribution is 5.02. The molecule has 0 aromatic carbocycles. The molecule has 14 heavy (non-hydrogen) atoms. The molecule has 1 aromatic heterocycles. The summed E-state index contributed by atoms with van der Waals surface area (Å²) in [6, 6.07) is 0.509. The van der Waals surface area contributed by atoms with Gasteiger partial charge in [0.1, 0.15) is 11.4 Å². The highest BCUT2D eigenvalue weighted by atomic mass is 16.6. The van der Waals surface area contributed by atoms with Gasteiger partial charge in [-0.2, -0.15) is 0 Å². The minimum absolute atomic E-state index is 0.494. The van der Waals surface area contributed by atoms with Crippen LogP contribution in [0, 0.1) is 6.92 Å². The molecule has 1 aliphatic heterocycles. The van der Waals surface area contributed by atoms with Crippen molar-refractivity contribution in [3.8, 4) is 0 Å². The van der Waals surface area contributed by atoms with Crippen LogP contribution >= 0.6 is 0 Å². The third-order valence-electron chi connectivity index (χ3n) is 2.47. The Labute approximate surface area is 82.8 Å². The van der Waals surface area contributed by atoms with Crippen LogP contribution in [0.3, 0.4) is 0 Å². The van der Waals surface area contributed by atoms with Crippen LogP contribution in [-0.2, 0) is 11.3 Å². The molecule has 2 heterocycles. The molecular formula is C9H15N3O2. The van der Waals surface area contributed by atoms with E-state index in [0.717, 1.165) is 24.5 Å². The Morgan fingerprint density at radius 3 is 3.14 bits per heavy atom. The Bertz CT molecular complexity index is 281. The first-order valence-corrected chi connectivity index (χ1v) is 4.95. The summed E-state index contributed by atoms with van der Waals surface area (Å²) in [5.74, 6) is 0. The largest absolute Gasteiger partial charge is 0.373 e. The van der Waals surface area contributed by atoms with Crippen LogP contribution < -0.4 is 5.32 Å². The summed E-state index contributed by atoms with van der Waals surface area (Å²) in [6.45, 7) is 4.21. The number of hydrogen-bond donors (Lipinski definition) is 1. The maximum Gasteiger partial charge on any atom is 0.133 e. The van der Waals surface area contributed by atoms with Gasteiger partial charge < -0.3 is 10.1 Å². The molecule has 0 radical (unpaired) electrons. The Morgan fingerprint density at radius 2 is 2.50 bits per heavy atom. The van der Waals surface area contributed by atoms with Crippen molar-refractivity contribution >= 4 is 0 Å². The van der Waals surface area contributed by atoms with Gasteiger partial charge in [0.05, 0.1) is 13.2 Å². The first-order valence-electron chi connectivity index (χ1n) is 4.95. The normalized spacial score (nSPS) is 21.6. The zero-order valence-corrected chi connectivity index (χ0v) is 8.32. The number of aromatic nitrogens is 2. The molecule has 1 fully saturated rings. The van der Waals surface area contributed by atoms with E-state index < -0.39 is 0 Å². The van der Waals surface area contributed by atoms with E-state index in [1.54, 1.807) is 0 Å². The molecule has 78 valence electrons. The first-order chi connectivity index (χ1) is 6.86. The molecule has 0 amide bonds. The fourth-order valence-electron chi connectivity index (χ4n) is 1.58. The van der Waals surface area contributed by atoms with Gasteiger partial charge in [-0.05, 0) is 26.3 Å². The molecule has 0 aliphatic carbocycles. The summed E-state index contributed by atoms with van der Waals surface area (Å²) >= 11 is 0. The lowest BCUT2D eigenvalue weighted by atomic mass is 10.2. The summed E-state index contributed by atoms with van der Waals surface area (Å²) in [5.41, 5.74) is 1.60. The highest BCUT2D eigenvalue weighted by Crippen LogP contribution is 2.07. The van der Waals surface area contributed by atoms with Gasteiger partial charge in [-0.15, -0.1) is 0 Å². The van der Waals surface area contributed by atoms with Crippen molar-refractivity contribution in [2.24, 2.45) is 0 Å². The highest BCUT2D eigenvalue weighted by Gasteiger charge is 2.14. The summed E-state index contributed by atoms with van der Waals surface area (Å²) < 4.78 is 10.1. The molecule has 0 spiro atoms. The molecule has 2 rings (SSSR count). The van der Waals surface area contributed by atoms with Crippen molar-refractivity contribution in [3.05, 3.63) is 11.4 Å². The minimum Gasteiger partial charge on any atom is -0.373 e. The average molecular weight is 197 g/mol. The van der Waals surface area contributed by atoms with Crippen LogP contribution in [0.25, 0.3) is 0 Å². The lowest BCUT2D eigenvalue weighted by molar-refractivity contribution is 0.0982. The van der Waals surface area contributed by atoms with Gasteiger partial charge in [0.25, 0.3) is 0 Å². The Kier molecular flexibility index (Phi) is 3.10. The van der Waals surface area contributed by atoms with Crippen molar-refractivity contribution in [1.29, 1.82) is 0 Å². The predicted molar refractivity (Wildman–Crippen MR) is 49.7 cm³/mol. The van der Waals surface area contributed by atoms with Gasteiger partial charge in [-0.1, -0.05) is 10.3 Å². The number of nitrogens with one attached hydrogen (secondary N) is 1. The van der Waals surface area contributed by atoms with Gasteiger partial charge >= 0.3 is 0 Å². The molecule has 5 heteroatoms. The van der Waals surface area contributed by atoms with Crippen LogP contribution in [0.1, 0.15) is 24.2 Å². The molecule has 1 unspecified atom stereocenters. The summed E-state index contributed by atoms with van der Waals surface area (Å²) in [4.78, 5) is 0. The summed E-state index contributed by atoms with van der Waals surface area (Å²) in [7, 11) is 0. The molecule has 0 saturated carbocycles. The van der Waals surface area contributed by atoms with Crippen molar-refractivity contribution in [1.82, 2.24) is 15.6 Å². The molecule has 1 saturated heterocycles. The third-order valence-corrected chi connectivity index (χ3v) is 2.47. The zero-order valence-electron chi connectivity index (χ0n) is 8.32. The summed E-state index contributed by atoms with van der Waals surface area (Å²) in [6.07, 6.45) is 2.45. The third kappa shape index (κ3) is 2.30. The van der Waals surface area contributed by atoms with Crippen LogP contribution in [0.15, 0.2) is 4.63 Å². The van der Waals surface area contributed by atoms with Gasteiger partial charge in [0.2, 0.25) is 0 Å². The Balaban J connectivity index is 1.70. The quantitative estimate of drug-likeness (QED) is 0.767. The van der Waals surface area contributed by atoms with Crippen LogP contribution in [-0.4, -0.2) is 29.5 Å². The fraction of sp³-hybridized carbons (Fsp3) is 0.778. The topological polar surface area (TPSA) is 60.2 Å². The average Bonchev–Trinajstić information content (AvgIpc) is 2.78. The number of rotatable bonds is 4. The SMILES string of the molecule is Cc1nonc1COCC1CCCN1. The number of hydrogen-bond acceptors (Lipinski definition) is 5. The molecule has 5 nitrogen and oxygen atoms in total. The molecule has 1 atom stereocenters. The van der Waals surface area contributed by atoms with Crippen molar-refractivity contribution in [2.45, 2.75) is 32.4 Å². The number of aryl methyl sites for hydroxylation is 1. The van der Waals surface area contributed by atoms with Crippen molar-refractivity contribution < 1.29 is 9.37 Å². The second kappa shape index (κ2) is 4.52. The van der Waals surface area contributed by atoms with E-state index in [1.165, 1.54) is 12.8 Å². The molecular weight excluding hydrogens is 182 g/mol. The lowest BCUT2D eigenvalue weighted by Gasteiger charge is -2.09. The number of ether oxygens (including phenoxy) is 1. The van der Waals surface area contributed by atoms with Gasteiger partial charge in [0.15, 0.2) is 0 Å². The molecule has 1 aliphatic rings. The van der Waals surface area contributed by atoms with Crippen LogP contribution in [0.4, 0.5) is 0 Å². The lowest BCUT2D eigenvalue weighted by Crippen LogP contribution is -2.26. The van der Waals surface area contributed by atoms with E-state index in [1.807, 2.05) is 6.92 Å². The van der Waals surface area contributed by atoms with Gasteiger partial charge in [0, 0.05) is 6.04 Å². The van der Waals surface area contributed by atoms with E-state index in [-0.39, 0.29) is 0 Å². The standard InChI is InChI=1S/C9H15N3O2/c1-7-9(12-14-11-7)6-13-5-8-3-2-4-10-8/h8,10H,2-6H2,1H3. The van der Waals surface area contributed by atoms with E-state index >= 15 is 0 Å². The maximum absolute atomic E-state index is 5.52. The maximum atomic E-state index is 5.52. The molecule has 0 bridgehead atoms. The Morgan fingerprint density at radius 1 is 1.57 bits per heavy atom. The van der Waals surface area contributed by atoms with Crippen molar-refractivity contribution in [3.63, 3.8) is 0 Å². The minimum atomic E-state index is 0.494. The predicted octanol–water partition coefficient (Wildman–Crippen LogP) is 0.647. The van der Waals surface area contributed by atoms with Crippen molar-refractivity contribution in [2.75, 3.05) is 13.2 Å². The second-order valence-corrected chi connectivity index (χ2v) is 3.60. The van der Waals surface area contributed by atoms with Crippen LogP contribution in [0.2, 0.25) is 0 Å². The first kappa shape index (κ1) is 9.61. The summed E-state index contributed by atoms with van der Waals surface area (Å²) in [5, 5.41) is 10.8. The van der Waals surface area contributed by atoms with E-state index in [9.17, 15) is 0 Å². The van der Waals surface area contributed by atoms with E-state index in [0.29, 0.717) is 12.6 Å². The van der Waals surface area contributed by atoms with E-state index in [4.69, 9.17) is 4.74 Å². The molecule has 1 aromatic rings. The van der Waals surface area contributed by atoms with Crippen LogP contribution in [0.5, 0.6) is 0 Å². The monoisotopic (exact) mass is 197 g/mol. The smallest absolute Gasteiger partial charge is 0.133 e. The zero-order chi connectivity index (χ0) is 9.80. The van der Waals surface area contributed by atoms with E-state index in [2.05, 4.69) is 20.3 Å². The second-order valence-electron chi connectivity index (χ2n) is 3.60. The van der Waals surface area contributed by atoms with Gasteiger partial charge in [-0.25, -0.2) is 4.63 Å². The Hall–Kier alpha value is -0.940. The molecule has 1 N–H and O–H groups in total. The number of nitrogens with zero attached hydrogens (tertiary/aromatic N) is 2. The fourth-order valence-corrected chi connectivity index (χ4v) is 1.58. The van der Waals surface area contributed by atoms with Gasteiger partial charge in [-0.3, -0.25) is 0 Å².